The van der Waals surface area contributed by atoms with Crippen molar-refractivity contribution in [2.24, 2.45) is 0 Å². The van der Waals surface area contributed by atoms with E-state index in [0.717, 1.165) is 0 Å². The Morgan fingerprint density at radius 1 is 1.64 bits per heavy atom. The van der Waals surface area contributed by atoms with Gasteiger partial charge in [0.25, 0.3) is 0 Å². The summed E-state index contributed by atoms with van der Waals surface area (Å²) in [7, 11) is 0. The quantitative estimate of drug-likeness (QED) is 0.434. The molecule has 0 saturated heterocycles. The SMILES string of the molecule is CCC(F)CCCC(=O)[O-].[Na+]. The zero-order valence-electron chi connectivity index (χ0n) is 7.10. The number of aliphatic carboxylic acids is 1. The molecular formula is C7H12FNaO2. The van der Waals surface area contributed by atoms with Crippen LogP contribution in [0.3, 0.4) is 0 Å². The molecule has 0 spiro atoms. The average Bonchev–Trinajstić information content (AvgIpc) is 1.87. The summed E-state index contributed by atoms with van der Waals surface area (Å²) in [6.45, 7) is 1.74. The van der Waals surface area contributed by atoms with Crippen LogP contribution in [0.1, 0.15) is 32.6 Å². The summed E-state index contributed by atoms with van der Waals surface area (Å²) in [6.07, 6.45) is 0.314. The van der Waals surface area contributed by atoms with E-state index in [0.29, 0.717) is 19.3 Å². The van der Waals surface area contributed by atoms with Crippen molar-refractivity contribution in [2.75, 3.05) is 0 Å². The number of carbonyl (C=O) groups is 1. The molecule has 0 aliphatic carbocycles. The molecular weight excluding hydrogens is 158 g/mol. The van der Waals surface area contributed by atoms with E-state index in [-0.39, 0.29) is 36.0 Å². The molecule has 1 unspecified atom stereocenters. The number of carboxylic acid groups (broad SMARTS) is 1. The zero-order valence-corrected chi connectivity index (χ0v) is 9.10. The van der Waals surface area contributed by atoms with E-state index in [2.05, 4.69) is 0 Å². The maximum absolute atomic E-state index is 12.4. The predicted molar refractivity (Wildman–Crippen MR) is 34.0 cm³/mol. The molecule has 0 amide bonds. The van der Waals surface area contributed by atoms with Crippen LogP contribution >= 0.6 is 0 Å². The molecule has 0 aliphatic rings. The third-order valence-corrected chi connectivity index (χ3v) is 1.34. The Kier molecular flexibility index (Phi) is 10.8. The van der Waals surface area contributed by atoms with Gasteiger partial charge in [-0.25, -0.2) is 4.39 Å². The van der Waals surface area contributed by atoms with Crippen LogP contribution in [0.15, 0.2) is 0 Å². The minimum Gasteiger partial charge on any atom is -0.550 e. The van der Waals surface area contributed by atoms with Crippen molar-refractivity contribution in [3.8, 4) is 0 Å². The maximum atomic E-state index is 12.4. The average molecular weight is 170 g/mol. The van der Waals surface area contributed by atoms with Crippen molar-refractivity contribution in [3.63, 3.8) is 0 Å². The Hall–Kier alpha value is 0.400. The Morgan fingerprint density at radius 2 is 2.18 bits per heavy atom. The monoisotopic (exact) mass is 170 g/mol. The van der Waals surface area contributed by atoms with Gasteiger partial charge in [0.1, 0.15) is 0 Å². The van der Waals surface area contributed by atoms with E-state index in [1.165, 1.54) is 0 Å². The summed E-state index contributed by atoms with van der Waals surface area (Å²) in [5.41, 5.74) is 0. The first-order chi connectivity index (χ1) is 4.66. The number of carbonyl (C=O) groups excluding carboxylic acids is 1. The van der Waals surface area contributed by atoms with E-state index in [1.807, 2.05) is 0 Å². The summed E-state index contributed by atoms with van der Waals surface area (Å²) in [4.78, 5) is 9.84. The van der Waals surface area contributed by atoms with Gasteiger partial charge in [0, 0.05) is 5.97 Å². The number of halogens is 1. The first kappa shape index (κ1) is 14.0. The van der Waals surface area contributed by atoms with Gasteiger partial charge in [-0.3, -0.25) is 0 Å². The van der Waals surface area contributed by atoms with Crippen LogP contribution in [0, 0.1) is 0 Å². The second-order valence-corrected chi connectivity index (χ2v) is 2.27. The summed E-state index contributed by atoms with van der Waals surface area (Å²) in [5, 5.41) is 9.84. The van der Waals surface area contributed by atoms with Gasteiger partial charge in [-0.1, -0.05) is 6.92 Å². The normalized spacial score (nSPS) is 11.8. The van der Waals surface area contributed by atoms with Crippen LogP contribution in [0.5, 0.6) is 0 Å². The molecule has 0 radical (unpaired) electrons. The van der Waals surface area contributed by atoms with E-state index >= 15 is 0 Å². The molecule has 0 fully saturated rings. The molecule has 4 heteroatoms. The Morgan fingerprint density at radius 3 is 2.55 bits per heavy atom. The van der Waals surface area contributed by atoms with E-state index in [1.54, 1.807) is 6.92 Å². The molecule has 0 saturated carbocycles. The van der Waals surface area contributed by atoms with Crippen LogP contribution in [0.4, 0.5) is 4.39 Å². The van der Waals surface area contributed by atoms with Gasteiger partial charge in [0.2, 0.25) is 0 Å². The van der Waals surface area contributed by atoms with Crippen molar-refractivity contribution >= 4 is 5.97 Å². The fourth-order valence-corrected chi connectivity index (χ4v) is 0.672. The summed E-state index contributed by atoms with van der Waals surface area (Å²) in [5.74, 6) is -1.09. The van der Waals surface area contributed by atoms with Crippen molar-refractivity contribution in [2.45, 2.75) is 38.8 Å². The minimum atomic E-state index is -1.09. The molecule has 0 rings (SSSR count). The third kappa shape index (κ3) is 10.4. The van der Waals surface area contributed by atoms with Gasteiger partial charge >= 0.3 is 29.6 Å². The molecule has 2 nitrogen and oxygen atoms in total. The number of rotatable bonds is 5. The molecule has 0 aromatic rings. The molecule has 0 aromatic carbocycles. The van der Waals surface area contributed by atoms with Crippen LogP contribution in [-0.2, 0) is 4.79 Å². The molecule has 0 aromatic heterocycles. The van der Waals surface area contributed by atoms with Gasteiger partial charge in [0.05, 0.1) is 6.17 Å². The maximum Gasteiger partial charge on any atom is 1.00 e. The van der Waals surface area contributed by atoms with Gasteiger partial charge < -0.3 is 9.90 Å². The van der Waals surface area contributed by atoms with Gasteiger partial charge in [-0.05, 0) is 25.7 Å². The van der Waals surface area contributed by atoms with Crippen LogP contribution in [0.25, 0.3) is 0 Å². The Bertz CT molecular complexity index is 109. The second-order valence-electron chi connectivity index (χ2n) is 2.27. The van der Waals surface area contributed by atoms with Crippen molar-refractivity contribution in [3.05, 3.63) is 0 Å². The summed E-state index contributed by atoms with van der Waals surface area (Å²) < 4.78 is 12.4. The minimum absolute atomic E-state index is 0. The van der Waals surface area contributed by atoms with E-state index < -0.39 is 12.1 Å². The van der Waals surface area contributed by atoms with E-state index in [9.17, 15) is 14.3 Å². The first-order valence-electron chi connectivity index (χ1n) is 3.50. The second kappa shape index (κ2) is 8.50. The number of carboxylic acids is 1. The number of hydrogen-bond acceptors (Lipinski definition) is 2. The van der Waals surface area contributed by atoms with Crippen molar-refractivity contribution < 1.29 is 43.8 Å². The third-order valence-electron chi connectivity index (χ3n) is 1.34. The topological polar surface area (TPSA) is 40.1 Å². The van der Waals surface area contributed by atoms with Gasteiger partial charge in [-0.15, -0.1) is 0 Å². The van der Waals surface area contributed by atoms with Crippen LogP contribution in [-0.4, -0.2) is 12.1 Å². The standard InChI is InChI=1S/C7H13FO2.Na/c1-2-6(8)4-3-5-7(9)10;/h6H,2-5H2,1H3,(H,9,10);/q;+1/p-1. The molecule has 0 heterocycles. The molecule has 0 aliphatic heterocycles. The van der Waals surface area contributed by atoms with Crippen molar-refractivity contribution in [1.82, 2.24) is 0 Å². The molecule has 11 heavy (non-hydrogen) atoms. The Balaban J connectivity index is 0. The van der Waals surface area contributed by atoms with Crippen LogP contribution < -0.4 is 34.7 Å². The fourth-order valence-electron chi connectivity index (χ4n) is 0.672. The predicted octanol–water partition coefficient (Wildman–Crippen LogP) is -2.34. The summed E-state index contributed by atoms with van der Waals surface area (Å²) in [6, 6.07) is 0. The molecule has 0 bridgehead atoms. The molecule has 0 N–H and O–H groups in total. The van der Waals surface area contributed by atoms with Crippen LogP contribution in [0.2, 0.25) is 0 Å². The number of alkyl halides is 1. The molecule has 60 valence electrons. The van der Waals surface area contributed by atoms with Crippen molar-refractivity contribution in [1.29, 1.82) is 0 Å². The number of hydrogen-bond donors (Lipinski definition) is 0. The summed E-state index contributed by atoms with van der Waals surface area (Å²) >= 11 is 0. The first-order valence-corrected chi connectivity index (χ1v) is 3.50. The van der Waals surface area contributed by atoms with Gasteiger partial charge in [0.15, 0.2) is 0 Å². The largest absolute Gasteiger partial charge is 1.00 e. The zero-order chi connectivity index (χ0) is 7.98. The fraction of sp³-hybridized carbons (Fsp3) is 0.857. The molecule has 1 atom stereocenters. The van der Waals surface area contributed by atoms with E-state index in [4.69, 9.17) is 0 Å². The smallest absolute Gasteiger partial charge is 0.550 e. The Labute approximate surface area is 88.5 Å². The van der Waals surface area contributed by atoms with Gasteiger partial charge in [-0.2, -0.15) is 0 Å².